The van der Waals surface area contributed by atoms with Crippen molar-refractivity contribution in [3.05, 3.63) is 0 Å². The van der Waals surface area contributed by atoms with Crippen LogP contribution in [0.5, 0.6) is 0 Å². The number of hydrogen-bond acceptors (Lipinski definition) is 1. The Morgan fingerprint density at radius 1 is 1.67 bits per heavy atom. The fraction of sp³-hybridized carbons (Fsp3) is 1.00. The molecule has 1 aliphatic rings. The minimum atomic E-state index is 0.0538. The standard InChI is InChI=1S/C7H14NO/c1-3-7(2)6-8-4-5-9-7/h3-6H2,1-2H3. The summed E-state index contributed by atoms with van der Waals surface area (Å²) in [4.78, 5) is 0. The van der Waals surface area contributed by atoms with E-state index < -0.39 is 0 Å². The normalized spacial score (nSPS) is 36.7. The third kappa shape index (κ3) is 1.66. The van der Waals surface area contributed by atoms with Crippen LogP contribution in [-0.2, 0) is 4.74 Å². The Morgan fingerprint density at radius 2 is 2.44 bits per heavy atom. The Bertz CT molecular complexity index is 86.9. The highest BCUT2D eigenvalue weighted by atomic mass is 16.5. The first-order valence-electron chi connectivity index (χ1n) is 3.54. The Balaban J connectivity index is 2.37. The van der Waals surface area contributed by atoms with E-state index in [0.717, 1.165) is 26.1 Å². The molecule has 0 bridgehead atoms. The highest BCUT2D eigenvalue weighted by Crippen LogP contribution is 2.16. The summed E-state index contributed by atoms with van der Waals surface area (Å²) in [6.45, 7) is 6.83. The summed E-state index contributed by atoms with van der Waals surface area (Å²) in [5, 5.41) is 4.28. The molecule has 0 aromatic heterocycles. The Hall–Kier alpha value is -0.0800. The molecule has 1 atom stereocenters. The zero-order valence-electron chi connectivity index (χ0n) is 6.18. The van der Waals surface area contributed by atoms with Crippen molar-refractivity contribution >= 4 is 0 Å². The summed E-state index contributed by atoms with van der Waals surface area (Å²) in [5.41, 5.74) is 0.0538. The van der Waals surface area contributed by atoms with Gasteiger partial charge in [0.1, 0.15) is 0 Å². The summed E-state index contributed by atoms with van der Waals surface area (Å²) in [6, 6.07) is 0. The molecule has 1 unspecified atom stereocenters. The van der Waals surface area contributed by atoms with Crippen LogP contribution in [0.4, 0.5) is 0 Å². The number of nitrogens with zero attached hydrogens (tertiary/aromatic N) is 1. The predicted molar refractivity (Wildman–Crippen MR) is 36.5 cm³/mol. The van der Waals surface area contributed by atoms with Crippen LogP contribution in [-0.4, -0.2) is 25.3 Å². The molecule has 2 nitrogen and oxygen atoms in total. The van der Waals surface area contributed by atoms with Crippen molar-refractivity contribution in [2.24, 2.45) is 0 Å². The van der Waals surface area contributed by atoms with Crippen LogP contribution in [0.15, 0.2) is 0 Å². The quantitative estimate of drug-likeness (QED) is 0.512. The third-order valence-electron chi connectivity index (χ3n) is 1.89. The highest BCUT2D eigenvalue weighted by Gasteiger charge is 2.25. The van der Waals surface area contributed by atoms with Gasteiger partial charge in [0.25, 0.3) is 0 Å². The maximum absolute atomic E-state index is 5.52. The lowest BCUT2D eigenvalue weighted by atomic mass is 10.0. The fourth-order valence-corrected chi connectivity index (χ4v) is 0.932. The van der Waals surface area contributed by atoms with E-state index in [2.05, 4.69) is 19.2 Å². The lowest BCUT2D eigenvalue weighted by Crippen LogP contribution is -2.43. The average Bonchev–Trinajstić information content (AvgIpc) is 1.90. The van der Waals surface area contributed by atoms with Crippen LogP contribution < -0.4 is 5.32 Å². The molecule has 0 spiro atoms. The zero-order chi connectivity index (χ0) is 6.74. The smallest absolute Gasteiger partial charge is 0.0793 e. The molecule has 0 aromatic rings. The van der Waals surface area contributed by atoms with Crippen LogP contribution in [0.3, 0.4) is 0 Å². The van der Waals surface area contributed by atoms with Gasteiger partial charge in [-0.05, 0) is 13.3 Å². The second-order valence-electron chi connectivity index (χ2n) is 2.76. The van der Waals surface area contributed by atoms with Gasteiger partial charge in [0.05, 0.1) is 12.2 Å². The lowest BCUT2D eigenvalue weighted by Gasteiger charge is -2.32. The molecule has 1 fully saturated rings. The molecule has 9 heavy (non-hydrogen) atoms. The molecule has 1 aliphatic heterocycles. The molecule has 53 valence electrons. The summed E-state index contributed by atoms with van der Waals surface area (Å²) in [5.74, 6) is 0. The van der Waals surface area contributed by atoms with E-state index in [1.54, 1.807) is 0 Å². The minimum Gasteiger partial charge on any atom is -0.373 e. The van der Waals surface area contributed by atoms with E-state index in [0.29, 0.717) is 0 Å². The van der Waals surface area contributed by atoms with E-state index in [-0.39, 0.29) is 5.60 Å². The van der Waals surface area contributed by atoms with Crippen molar-refractivity contribution in [2.75, 3.05) is 19.7 Å². The molecule has 1 saturated heterocycles. The van der Waals surface area contributed by atoms with E-state index in [1.807, 2.05) is 0 Å². The van der Waals surface area contributed by atoms with Gasteiger partial charge in [-0.1, -0.05) is 6.92 Å². The van der Waals surface area contributed by atoms with E-state index in [1.165, 1.54) is 0 Å². The number of hydrogen-bond donors (Lipinski definition) is 0. The molecule has 2 heteroatoms. The zero-order valence-corrected chi connectivity index (χ0v) is 6.18. The average molecular weight is 128 g/mol. The van der Waals surface area contributed by atoms with Crippen molar-refractivity contribution < 1.29 is 4.74 Å². The summed E-state index contributed by atoms with van der Waals surface area (Å²) in [7, 11) is 0. The van der Waals surface area contributed by atoms with Gasteiger partial charge in [-0.2, -0.15) is 0 Å². The Kier molecular flexibility index (Phi) is 2.09. The summed E-state index contributed by atoms with van der Waals surface area (Å²) < 4.78 is 5.52. The van der Waals surface area contributed by atoms with Crippen LogP contribution in [0, 0.1) is 0 Å². The SMILES string of the molecule is CCC1(C)C[N]CCO1. The van der Waals surface area contributed by atoms with Gasteiger partial charge in [-0.15, -0.1) is 0 Å². The van der Waals surface area contributed by atoms with Crippen molar-refractivity contribution in [1.82, 2.24) is 5.32 Å². The van der Waals surface area contributed by atoms with Crippen molar-refractivity contribution in [1.29, 1.82) is 0 Å². The van der Waals surface area contributed by atoms with Gasteiger partial charge >= 0.3 is 0 Å². The molecular formula is C7H14NO. The monoisotopic (exact) mass is 128 g/mol. The topological polar surface area (TPSA) is 23.3 Å². The Labute approximate surface area is 56.6 Å². The summed E-state index contributed by atoms with van der Waals surface area (Å²) in [6.07, 6.45) is 1.07. The second-order valence-corrected chi connectivity index (χ2v) is 2.76. The maximum atomic E-state index is 5.52. The van der Waals surface area contributed by atoms with Gasteiger partial charge in [0, 0.05) is 13.1 Å². The van der Waals surface area contributed by atoms with E-state index in [9.17, 15) is 0 Å². The van der Waals surface area contributed by atoms with Crippen LogP contribution in [0.2, 0.25) is 0 Å². The third-order valence-corrected chi connectivity index (χ3v) is 1.89. The summed E-state index contributed by atoms with van der Waals surface area (Å²) >= 11 is 0. The van der Waals surface area contributed by atoms with Crippen LogP contribution in [0.25, 0.3) is 0 Å². The van der Waals surface area contributed by atoms with Gasteiger partial charge in [0.2, 0.25) is 0 Å². The molecule has 1 rings (SSSR count). The number of ether oxygens (including phenoxy) is 1. The molecular weight excluding hydrogens is 114 g/mol. The first-order chi connectivity index (χ1) is 4.27. The fourth-order valence-electron chi connectivity index (χ4n) is 0.932. The van der Waals surface area contributed by atoms with Gasteiger partial charge in [-0.25, -0.2) is 5.32 Å². The van der Waals surface area contributed by atoms with Gasteiger partial charge in [-0.3, -0.25) is 0 Å². The van der Waals surface area contributed by atoms with Gasteiger partial charge in [0.15, 0.2) is 0 Å². The largest absolute Gasteiger partial charge is 0.373 e. The molecule has 0 amide bonds. The lowest BCUT2D eigenvalue weighted by molar-refractivity contribution is -0.0558. The predicted octanol–water partition coefficient (Wildman–Crippen LogP) is 0.790. The Morgan fingerprint density at radius 3 is 2.78 bits per heavy atom. The minimum absolute atomic E-state index is 0.0538. The molecule has 0 N–H and O–H groups in total. The number of morpholine rings is 1. The van der Waals surface area contributed by atoms with Crippen LogP contribution >= 0.6 is 0 Å². The first kappa shape index (κ1) is 7.03. The van der Waals surface area contributed by atoms with E-state index >= 15 is 0 Å². The van der Waals surface area contributed by atoms with Crippen molar-refractivity contribution in [3.8, 4) is 0 Å². The molecule has 0 aromatic carbocycles. The van der Waals surface area contributed by atoms with Gasteiger partial charge < -0.3 is 4.74 Å². The van der Waals surface area contributed by atoms with Crippen molar-refractivity contribution in [3.63, 3.8) is 0 Å². The first-order valence-corrected chi connectivity index (χ1v) is 3.54. The molecule has 1 heterocycles. The molecule has 0 saturated carbocycles. The van der Waals surface area contributed by atoms with E-state index in [4.69, 9.17) is 4.74 Å². The second kappa shape index (κ2) is 2.67. The highest BCUT2D eigenvalue weighted by molar-refractivity contribution is 4.78. The van der Waals surface area contributed by atoms with Crippen molar-refractivity contribution in [2.45, 2.75) is 25.9 Å². The van der Waals surface area contributed by atoms with Crippen LogP contribution in [0.1, 0.15) is 20.3 Å². The molecule has 0 aliphatic carbocycles. The number of rotatable bonds is 1. The maximum Gasteiger partial charge on any atom is 0.0793 e. The molecule has 1 radical (unpaired) electrons.